The first-order valence-electron chi connectivity index (χ1n) is 9.46. The van der Waals surface area contributed by atoms with E-state index in [1.165, 1.54) is 24.9 Å². The van der Waals surface area contributed by atoms with E-state index in [9.17, 15) is 0 Å². The number of para-hydroxylation sites is 1. The van der Waals surface area contributed by atoms with Crippen LogP contribution in [-0.4, -0.2) is 69.2 Å². The predicted molar refractivity (Wildman–Crippen MR) is 121 cm³/mol. The van der Waals surface area contributed by atoms with Gasteiger partial charge in [-0.15, -0.1) is 24.0 Å². The summed E-state index contributed by atoms with van der Waals surface area (Å²) in [5, 5.41) is 3.40. The fourth-order valence-electron chi connectivity index (χ4n) is 3.22. The number of aliphatic imine (C=N–C) groups is 1. The van der Waals surface area contributed by atoms with Crippen LogP contribution in [0.15, 0.2) is 29.3 Å². The summed E-state index contributed by atoms with van der Waals surface area (Å²) in [5.74, 6) is 2.61. The molecule has 1 aliphatic heterocycles. The van der Waals surface area contributed by atoms with Crippen LogP contribution in [0, 0.1) is 12.8 Å². The van der Waals surface area contributed by atoms with Crippen LogP contribution in [0.25, 0.3) is 0 Å². The number of guanidine groups is 1. The van der Waals surface area contributed by atoms with Gasteiger partial charge in [-0.05, 0) is 57.8 Å². The Bertz CT molecular complexity index is 552. The summed E-state index contributed by atoms with van der Waals surface area (Å²) in [4.78, 5) is 9.44. The second-order valence-electron chi connectivity index (χ2n) is 7.00. The number of hydrogen-bond acceptors (Lipinski definition) is 3. The number of benzene rings is 1. The highest BCUT2D eigenvalue weighted by Crippen LogP contribution is 2.16. The van der Waals surface area contributed by atoms with Crippen molar-refractivity contribution in [2.75, 3.05) is 53.4 Å². The van der Waals surface area contributed by atoms with Gasteiger partial charge in [0.15, 0.2) is 5.96 Å². The number of nitrogens with zero attached hydrogens (tertiary/aromatic N) is 3. The molecule has 1 saturated heterocycles. The smallest absolute Gasteiger partial charge is 0.193 e. The van der Waals surface area contributed by atoms with Gasteiger partial charge in [0.05, 0.1) is 6.54 Å². The maximum Gasteiger partial charge on any atom is 0.193 e. The van der Waals surface area contributed by atoms with Gasteiger partial charge in [-0.1, -0.05) is 18.2 Å². The number of aryl methyl sites for hydroxylation is 1. The Morgan fingerprint density at radius 1 is 1.38 bits per heavy atom. The summed E-state index contributed by atoms with van der Waals surface area (Å²) in [6.45, 7) is 9.80. The molecule has 2 rings (SSSR count). The van der Waals surface area contributed by atoms with Crippen molar-refractivity contribution in [3.05, 3.63) is 29.8 Å². The average Bonchev–Trinajstić information content (AvgIpc) is 2.60. The lowest BCUT2D eigenvalue weighted by atomic mass is 9.99. The molecule has 26 heavy (non-hydrogen) atoms. The van der Waals surface area contributed by atoms with Crippen molar-refractivity contribution < 1.29 is 4.74 Å². The van der Waals surface area contributed by atoms with Gasteiger partial charge in [0.2, 0.25) is 0 Å². The van der Waals surface area contributed by atoms with Crippen LogP contribution in [-0.2, 0) is 0 Å². The highest BCUT2D eigenvalue weighted by molar-refractivity contribution is 14.0. The number of piperidine rings is 1. The largest absolute Gasteiger partial charge is 0.491 e. The third-order valence-corrected chi connectivity index (χ3v) is 4.70. The Morgan fingerprint density at radius 3 is 2.85 bits per heavy atom. The predicted octanol–water partition coefficient (Wildman–Crippen LogP) is 3.23. The quantitative estimate of drug-likeness (QED) is 0.374. The highest BCUT2D eigenvalue weighted by Gasteiger charge is 2.17. The number of hydrogen-bond donors (Lipinski definition) is 1. The molecule has 0 aliphatic carbocycles. The molecule has 1 atom stereocenters. The Kier molecular flexibility index (Phi) is 11.0. The van der Waals surface area contributed by atoms with E-state index in [1.807, 2.05) is 18.2 Å². The Morgan fingerprint density at radius 2 is 2.15 bits per heavy atom. The number of likely N-dealkylation sites (N-methyl/N-ethyl adjacent to an activating group) is 1. The molecule has 0 bridgehead atoms. The van der Waals surface area contributed by atoms with Gasteiger partial charge in [-0.2, -0.15) is 0 Å². The molecule has 1 N–H and O–H groups in total. The normalized spacial score (nSPS) is 18.2. The lowest BCUT2D eigenvalue weighted by molar-refractivity contribution is 0.214. The molecule has 0 spiro atoms. The van der Waals surface area contributed by atoms with Crippen LogP contribution in [0.5, 0.6) is 5.75 Å². The Labute approximate surface area is 176 Å². The number of nitrogens with one attached hydrogen (secondary N) is 1. The van der Waals surface area contributed by atoms with E-state index in [4.69, 9.17) is 9.73 Å². The zero-order valence-corrected chi connectivity index (χ0v) is 19.0. The summed E-state index contributed by atoms with van der Waals surface area (Å²) >= 11 is 0. The third-order valence-electron chi connectivity index (χ3n) is 4.70. The SMILES string of the molecule is CCNC(=NCC1CCCN(C)C1)N(C)CCOc1ccccc1C.I. The van der Waals surface area contributed by atoms with Crippen molar-refractivity contribution in [2.24, 2.45) is 10.9 Å². The molecular weight excluding hydrogens is 439 g/mol. The molecule has 0 saturated carbocycles. The molecule has 1 aromatic carbocycles. The Balaban J connectivity index is 0.00000338. The van der Waals surface area contributed by atoms with Gasteiger partial charge in [-0.25, -0.2) is 0 Å². The van der Waals surface area contributed by atoms with Crippen molar-refractivity contribution >= 4 is 29.9 Å². The summed E-state index contributed by atoms with van der Waals surface area (Å²) in [6, 6.07) is 8.14. The molecule has 0 radical (unpaired) electrons. The van der Waals surface area contributed by atoms with E-state index in [0.29, 0.717) is 12.5 Å². The minimum Gasteiger partial charge on any atom is -0.491 e. The average molecular weight is 474 g/mol. The summed E-state index contributed by atoms with van der Waals surface area (Å²) in [6.07, 6.45) is 2.57. The molecule has 1 heterocycles. The van der Waals surface area contributed by atoms with E-state index in [-0.39, 0.29) is 24.0 Å². The maximum absolute atomic E-state index is 5.91. The van der Waals surface area contributed by atoms with E-state index >= 15 is 0 Å². The van der Waals surface area contributed by atoms with Crippen LogP contribution in [0.1, 0.15) is 25.3 Å². The van der Waals surface area contributed by atoms with Crippen LogP contribution >= 0.6 is 24.0 Å². The maximum atomic E-state index is 5.91. The molecule has 1 aliphatic rings. The van der Waals surface area contributed by atoms with Gasteiger partial charge in [-0.3, -0.25) is 4.99 Å². The molecule has 5 nitrogen and oxygen atoms in total. The molecule has 148 valence electrons. The van der Waals surface area contributed by atoms with Crippen molar-refractivity contribution in [1.29, 1.82) is 0 Å². The molecule has 1 aromatic rings. The van der Waals surface area contributed by atoms with Gasteiger partial charge in [0, 0.05) is 26.7 Å². The van der Waals surface area contributed by atoms with E-state index in [0.717, 1.165) is 37.9 Å². The van der Waals surface area contributed by atoms with E-state index in [1.54, 1.807) is 0 Å². The first-order valence-corrected chi connectivity index (χ1v) is 9.46. The van der Waals surface area contributed by atoms with E-state index < -0.39 is 0 Å². The fourth-order valence-corrected chi connectivity index (χ4v) is 3.22. The first kappa shape index (κ1) is 23.0. The van der Waals surface area contributed by atoms with Crippen molar-refractivity contribution in [3.8, 4) is 5.75 Å². The highest BCUT2D eigenvalue weighted by atomic mass is 127. The minimum atomic E-state index is 0. The Hall–Kier alpha value is -1.02. The van der Waals surface area contributed by atoms with Crippen molar-refractivity contribution in [1.82, 2.24) is 15.1 Å². The minimum absolute atomic E-state index is 0. The van der Waals surface area contributed by atoms with Gasteiger partial charge in [0.25, 0.3) is 0 Å². The lowest BCUT2D eigenvalue weighted by Gasteiger charge is -2.29. The van der Waals surface area contributed by atoms with Gasteiger partial charge < -0.3 is 19.9 Å². The number of ether oxygens (including phenoxy) is 1. The number of halogens is 1. The fraction of sp³-hybridized carbons (Fsp3) is 0.650. The van der Waals surface area contributed by atoms with Crippen molar-refractivity contribution in [2.45, 2.75) is 26.7 Å². The lowest BCUT2D eigenvalue weighted by Crippen LogP contribution is -2.41. The monoisotopic (exact) mass is 474 g/mol. The molecular formula is C20H35IN4O. The molecule has 1 unspecified atom stereocenters. The summed E-state index contributed by atoms with van der Waals surface area (Å²) < 4.78 is 5.91. The van der Waals surface area contributed by atoms with Gasteiger partial charge in [0.1, 0.15) is 12.4 Å². The topological polar surface area (TPSA) is 40.1 Å². The molecule has 0 amide bonds. The van der Waals surface area contributed by atoms with Crippen LogP contribution in [0.2, 0.25) is 0 Å². The zero-order valence-electron chi connectivity index (χ0n) is 16.7. The first-order chi connectivity index (χ1) is 12.1. The van der Waals surface area contributed by atoms with Crippen LogP contribution < -0.4 is 10.1 Å². The standard InChI is InChI=1S/C20H34N4O.HI/c1-5-21-20(22-15-18-10-8-12-23(3)16-18)24(4)13-14-25-19-11-7-6-9-17(19)2;/h6-7,9,11,18H,5,8,10,12-16H2,1-4H3,(H,21,22);1H. The molecule has 1 fully saturated rings. The number of rotatable bonds is 7. The molecule has 0 aromatic heterocycles. The second kappa shape index (κ2) is 12.4. The zero-order chi connectivity index (χ0) is 18.1. The van der Waals surface area contributed by atoms with Crippen LogP contribution in [0.4, 0.5) is 0 Å². The van der Waals surface area contributed by atoms with E-state index in [2.05, 4.69) is 49.1 Å². The van der Waals surface area contributed by atoms with Crippen molar-refractivity contribution in [3.63, 3.8) is 0 Å². The second-order valence-corrected chi connectivity index (χ2v) is 7.00. The summed E-state index contributed by atoms with van der Waals surface area (Å²) in [5.41, 5.74) is 1.17. The molecule has 6 heteroatoms. The van der Waals surface area contributed by atoms with Gasteiger partial charge >= 0.3 is 0 Å². The number of likely N-dealkylation sites (tertiary alicyclic amines) is 1. The summed E-state index contributed by atoms with van der Waals surface area (Å²) in [7, 11) is 4.28. The van der Waals surface area contributed by atoms with Crippen LogP contribution in [0.3, 0.4) is 0 Å². The third kappa shape index (κ3) is 7.70.